The maximum Gasteiger partial charge on any atom is 0.405 e. The first-order valence-corrected chi connectivity index (χ1v) is 4.04. The quantitative estimate of drug-likeness (QED) is 0.610. The molecule has 0 aliphatic rings. The number of carboxylic acids is 1. The highest BCUT2D eigenvalue weighted by atomic mass is 19.4. The van der Waals surface area contributed by atoms with Gasteiger partial charge in [-0.2, -0.15) is 13.2 Å². The van der Waals surface area contributed by atoms with Gasteiger partial charge < -0.3 is 16.2 Å². The summed E-state index contributed by atoms with van der Waals surface area (Å²) in [7, 11) is 0. The van der Waals surface area contributed by atoms with Gasteiger partial charge in [-0.05, 0) is 6.42 Å². The van der Waals surface area contributed by atoms with Crippen LogP contribution in [0.5, 0.6) is 0 Å². The highest BCUT2D eigenvalue weighted by Gasteiger charge is 2.27. The minimum Gasteiger partial charge on any atom is -0.480 e. The highest BCUT2D eigenvalue weighted by Crippen LogP contribution is 2.12. The van der Waals surface area contributed by atoms with Crippen LogP contribution >= 0.6 is 0 Å². The van der Waals surface area contributed by atoms with E-state index in [4.69, 9.17) is 10.8 Å². The Balaban J connectivity index is 3.72. The summed E-state index contributed by atoms with van der Waals surface area (Å²) >= 11 is 0. The molecular weight excluding hydrogens is 217 g/mol. The summed E-state index contributed by atoms with van der Waals surface area (Å²) in [5.74, 6) is -2.16. The maximum absolute atomic E-state index is 11.6. The zero-order chi connectivity index (χ0) is 12.1. The van der Waals surface area contributed by atoms with Crippen molar-refractivity contribution in [1.29, 1.82) is 0 Å². The molecule has 0 heterocycles. The van der Waals surface area contributed by atoms with Crippen LogP contribution in [0, 0.1) is 0 Å². The number of hydrogen-bond donors (Lipinski definition) is 3. The summed E-state index contributed by atoms with van der Waals surface area (Å²) in [6, 6.07) is -1.23. The Bertz CT molecular complexity index is 242. The molecule has 1 atom stereocenters. The van der Waals surface area contributed by atoms with E-state index in [-0.39, 0.29) is 12.8 Å². The lowest BCUT2D eigenvalue weighted by Crippen LogP contribution is -2.36. The van der Waals surface area contributed by atoms with E-state index in [0.29, 0.717) is 0 Å². The number of amides is 1. The van der Waals surface area contributed by atoms with E-state index in [2.05, 4.69) is 0 Å². The number of nitrogens with two attached hydrogens (primary N) is 1. The summed E-state index contributed by atoms with van der Waals surface area (Å²) < 4.78 is 34.8. The number of nitrogens with one attached hydrogen (secondary N) is 1. The molecule has 1 unspecified atom stereocenters. The van der Waals surface area contributed by atoms with Gasteiger partial charge in [-0.15, -0.1) is 0 Å². The van der Waals surface area contributed by atoms with E-state index in [1.807, 2.05) is 0 Å². The Morgan fingerprint density at radius 3 is 2.33 bits per heavy atom. The third-order valence-electron chi connectivity index (χ3n) is 1.49. The Hall–Kier alpha value is -1.31. The van der Waals surface area contributed by atoms with Crippen LogP contribution in [0.2, 0.25) is 0 Å². The topological polar surface area (TPSA) is 92.4 Å². The van der Waals surface area contributed by atoms with Crippen molar-refractivity contribution < 1.29 is 27.9 Å². The number of alkyl halides is 3. The van der Waals surface area contributed by atoms with Crippen LogP contribution in [0.3, 0.4) is 0 Å². The largest absolute Gasteiger partial charge is 0.480 e. The predicted molar refractivity (Wildman–Crippen MR) is 43.9 cm³/mol. The fourth-order valence-corrected chi connectivity index (χ4v) is 0.697. The molecule has 0 saturated carbocycles. The molecule has 0 aliphatic heterocycles. The molecule has 0 saturated heterocycles. The Kier molecular flexibility index (Phi) is 5.06. The van der Waals surface area contributed by atoms with Crippen molar-refractivity contribution in [3.63, 3.8) is 0 Å². The molecule has 5 nitrogen and oxygen atoms in total. The summed E-state index contributed by atoms with van der Waals surface area (Å²) in [4.78, 5) is 20.9. The van der Waals surface area contributed by atoms with Gasteiger partial charge in [-0.3, -0.25) is 9.59 Å². The fourth-order valence-electron chi connectivity index (χ4n) is 0.697. The van der Waals surface area contributed by atoms with Gasteiger partial charge in [0.1, 0.15) is 12.6 Å². The molecule has 0 fully saturated rings. The summed E-state index contributed by atoms with van der Waals surface area (Å²) in [5.41, 5.74) is 5.04. The van der Waals surface area contributed by atoms with E-state index in [1.165, 1.54) is 0 Å². The SMILES string of the molecule is NC(CCC(=O)NCC(F)(F)F)C(=O)O. The Labute approximate surface area is 83.4 Å². The number of rotatable bonds is 5. The molecule has 0 bridgehead atoms. The molecule has 0 spiro atoms. The summed E-state index contributed by atoms with van der Waals surface area (Å²) in [6.07, 6.45) is -5.01. The standard InChI is InChI=1S/C7H11F3N2O3/c8-7(9,10)3-12-5(13)2-1-4(11)6(14)15/h4H,1-3,11H2,(H,12,13)(H,14,15). The second kappa shape index (κ2) is 5.54. The van der Waals surface area contributed by atoms with Crippen LogP contribution in [0.15, 0.2) is 0 Å². The van der Waals surface area contributed by atoms with E-state index in [0.717, 1.165) is 0 Å². The molecule has 0 aromatic heterocycles. The van der Waals surface area contributed by atoms with Crippen LogP contribution in [0.25, 0.3) is 0 Å². The fraction of sp³-hybridized carbons (Fsp3) is 0.714. The predicted octanol–water partition coefficient (Wildman–Crippen LogP) is -0.143. The van der Waals surface area contributed by atoms with Gasteiger partial charge in [0.2, 0.25) is 5.91 Å². The molecule has 0 aromatic rings. The number of halogens is 3. The Morgan fingerprint density at radius 1 is 1.40 bits per heavy atom. The maximum atomic E-state index is 11.6. The zero-order valence-electron chi connectivity index (χ0n) is 7.67. The number of carbonyl (C=O) groups is 2. The molecule has 88 valence electrons. The molecule has 0 radical (unpaired) electrons. The second-order valence-corrected chi connectivity index (χ2v) is 2.88. The van der Waals surface area contributed by atoms with Crippen LogP contribution in [-0.2, 0) is 9.59 Å². The Morgan fingerprint density at radius 2 is 1.93 bits per heavy atom. The van der Waals surface area contributed by atoms with Crippen LogP contribution < -0.4 is 11.1 Å². The molecule has 15 heavy (non-hydrogen) atoms. The average molecular weight is 228 g/mol. The third kappa shape index (κ3) is 7.74. The summed E-state index contributed by atoms with van der Waals surface area (Å²) in [6.45, 7) is -1.42. The van der Waals surface area contributed by atoms with Crippen molar-refractivity contribution in [3.05, 3.63) is 0 Å². The van der Waals surface area contributed by atoms with Gasteiger partial charge in [0.25, 0.3) is 0 Å². The lowest BCUT2D eigenvalue weighted by molar-refractivity contribution is -0.140. The van der Waals surface area contributed by atoms with Gasteiger partial charge in [0.05, 0.1) is 0 Å². The van der Waals surface area contributed by atoms with Crippen molar-refractivity contribution in [2.75, 3.05) is 6.54 Å². The first-order chi connectivity index (χ1) is 6.72. The molecule has 0 rings (SSSR count). The van der Waals surface area contributed by atoms with E-state index in [1.54, 1.807) is 5.32 Å². The highest BCUT2D eigenvalue weighted by molar-refractivity contribution is 5.78. The normalized spacial score (nSPS) is 13.3. The molecule has 8 heteroatoms. The van der Waals surface area contributed by atoms with Crippen molar-refractivity contribution in [1.82, 2.24) is 5.32 Å². The van der Waals surface area contributed by atoms with Crippen molar-refractivity contribution in [3.8, 4) is 0 Å². The second-order valence-electron chi connectivity index (χ2n) is 2.88. The van der Waals surface area contributed by atoms with Gasteiger partial charge in [0, 0.05) is 6.42 Å². The zero-order valence-corrected chi connectivity index (χ0v) is 7.67. The molecular formula is C7H11F3N2O3. The van der Waals surface area contributed by atoms with Crippen molar-refractivity contribution in [2.45, 2.75) is 25.1 Å². The number of carboxylic acid groups (broad SMARTS) is 1. The average Bonchev–Trinajstić information content (AvgIpc) is 2.09. The van der Waals surface area contributed by atoms with E-state index >= 15 is 0 Å². The monoisotopic (exact) mass is 228 g/mol. The number of aliphatic carboxylic acids is 1. The van der Waals surface area contributed by atoms with Gasteiger partial charge >= 0.3 is 12.1 Å². The molecule has 4 N–H and O–H groups in total. The first-order valence-electron chi connectivity index (χ1n) is 4.04. The van der Waals surface area contributed by atoms with Gasteiger partial charge in [-0.1, -0.05) is 0 Å². The number of hydrogen-bond acceptors (Lipinski definition) is 3. The smallest absolute Gasteiger partial charge is 0.405 e. The van der Waals surface area contributed by atoms with Crippen LogP contribution in [0.1, 0.15) is 12.8 Å². The molecule has 0 aliphatic carbocycles. The number of carbonyl (C=O) groups excluding carboxylic acids is 1. The minimum absolute atomic E-state index is 0.195. The lowest BCUT2D eigenvalue weighted by Gasteiger charge is -2.09. The van der Waals surface area contributed by atoms with Gasteiger partial charge in [0.15, 0.2) is 0 Å². The molecule has 1 amide bonds. The summed E-state index contributed by atoms with van der Waals surface area (Å²) in [5, 5.41) is 9.92. The van der Waals surface area contributed by atoms with Crippen LogP contribution in [-0.4, -0.2) is 35.7 Å². The van der Waals surface area contributed by atoms with Gasteiger partial charge in [-0.25, -0.2) is 0 Å². The minimum atomic E-state index is -4.47. The lowest BCUT2D eigenvalue weighted by atomic mass is 10.1. The van der Waals surface area contributed by atoms with Crippen LogP contribution in [0.4, 0.5) is 13.2 Å². The van der Waals surface area contributed by atoms with E-state index in [9.17, 15) is 22.8 Å². The first kappa shape index (κ1) is 13.7. The third-order valence-corrected chi connectivity index (χ3v) is 1.49. The van der Waals surface area contributed by atoms with Crippen molar-refractivity contribution in [2.24, 2.45) is 5.73 Å². The van der Waals surface area contributed by atoms with Crippen molar-refractivity contribution >= 4 is 11.9 Å². The van der Waals surface area contributed by atoms with E-state index < -0.39 is 30.6 Å². The molecule has 0 aromatic carbocycles.